The van der Waals surface area contributed by atoms with Crippen molar-refractivity contribution in [2.24, 2.45) is 11.5 Å². The summed E-state index contributed by atoms with van der Waals surface area (Å²) in [7, 11) is 0. The Kier molecular flexibility index (Phi) is 4.41. The summed E-state index contributed by atoms with van der Waals surface area (Å²) in [5, 5.41) is 22.3. The van der Waals surface area contributed by atoms with E-state index in [9.17, 15) is 29.8 Å². The average Bonchev–Trinajstić information content (AvgIpc) is 2.65. The van der Waals surface area contributed by atoms with Crippen LogP contribution in [0, 0.1) is 20.2 Å². The number of benzene rings is 2. The van der Waals surface area contributed by atoms with Crippen LogP contribution in [-0.2, 0) is 0 Å². The zero-order valence-corrected chi connectivity index (χ0v) is 14.0. The van der Waals surface area contributed by atoms with Gasteiger partial charge in [0.25, 0.3) is 11.6 Å². The van der Waals surface area contributed by atoms with Crippen molar-refractivity contribution in [2.75, 3.05) is 0 Å². The molecule has 3 aromatic rings. The van der Waals surface area contributed by atoms with E-state index in [0.29, 0.717) is 5.56 Å². The Balaban J connectivity index is 2.61. The van der Waals surface area contributed by atoms with Crippen molar-refractivity contribution < 1.29 is 19.4 Å². The van der Waals surface area contributed by atoms with Gasteiger partial charge in [0, 0.05) is 17.0 Å². The highest BCUT2D eigenvalue weighted by atomic mass is 16.6. The molecule has 28 heavy (non-hydrogen) atoms. The first kappa shape index (κ1) is 18.4. The Bertz CT molecular complexity index is 1180. The molecule has 1 heterocycles. The number of aromatic nitrogens is 1. The first-order valence-electron chi connectivity index (χ1n) is 7.68. The quantitative estimate of drug-likeness (QED) is 0.499. The Hall–Kier alpha value is -4.41. The van der Waals surface area contributed by atoms with Crippen LogP contribution >= 0.6 is 0 Å². The lowest BCUT2D eigenvalue weighted by Gasteiger charge is -2.13. The summed E-state index contributed by atoms with van der Waals surface area (Å²) in [6.07, 6.45) is 0. The molecule has 0 unspecified atom stereocenters. The van der Waals surface area contributed by atoms with Crippen LogP contribution in [0.5, 0.6) is 0 Å². The monoisotopic (exact) mass is 381 g/mol. The van der Waals surface area contributed by atoms with Gasteiger partial charge in [0.05, 0.1) is 32.7 Å². The van der Waals surface area contributed by atoms with Crippen molar-refractivity contribution in [1.82, 2.24) is 4.98 Å². The van der Waals surface area contributed by atoms with Gasteiger partial charge in [-0.25, -0.2) is 4.98 Å². The van der Waals surface area contributed by atoms with Crippen LogP contribution in [0.3, 0.4) is 0 Å². The van der Waals surface area contributed by atoms with Gasteiger partial charge in [0.15, 0.2) is 0 Å². The molecule has 0 atom stereocenters. The fourth-order valence-corrected chi connectivity index (χ4v) is 2.88. The summed E-state index contributed by atoms with van der Waals surface area (Å²) in [5.41, 5.74) is 8.55. The van der Waals surface area contributed by atoms with Gasteiger partial charge in [0.2, 0.25) is 5.91 Å². The summed E-state index contributed by atoms with van der Waals surface area (Å²) < 4.78 is 0. The number of hydrogen-bond acceptors (Lipinski definition) is 7. The van der Waals surface area contributed by atoms with Gasteiger partial charge in [-0.15, -0.1) is 0 Å². The van der Waals surface area contributed by atoms with Crippen LogP contribution in [0.25, 0.3) is 22.2 Å². The molecule has 2 aromatic carbocycles. The molecule has 11 nitrogen and oxygen atoms in total. The lowest BCUT2D eigenvalue weighted by Crippen LogP contribution is -2.23. The van der Waals surface area contributed by atoms with Gasteiger partial charge in [-0.05, 0) is 0 Å². The molecule has 11 heteroatoms. The van der Waals surface area contributed by atoms with Crippen molar-refractivity contribution in [1.29, 1.82) is 0 Å². The summed E-state index contributed by atoms with van der Waals surface area (Å²) in [5.74, 6) is -2.19. The van der Waals surface area contributed by atoms with Gasteiger partial charge in [0.1, 0.15) is 5.52 Å². The van der Waals surface area contributed by atoms with Crippen LogP contribution in [0.15, 0.2) is 42.5 Å². The number of nitrogens with zero attached hydrogens (tertiary/aromatic N) is 3. The Morgan fingerprint density at radius 3 is 2.00 bits per heavy atom. The molecule has 0 aliphatic carbocycles. The molecule has 0 fully saturated rings. The van der Waals surface area contributed by atoms with Crippen LogP contribution in [-0.4, -0.2) is 26.6 Å². The van der Waals surface area contributed by atoms with E-state index in [0.717, 1.165) is 12.1 Å². The number of carbonyl (C=O) groups excluding carboxylic acids is 2. The second kappa shape index (κ2) is 6.72. The molecular weight excluding hydrogens is 370 g/mol. The van der Waals surface area contributed by atoms with Crippen LogP contribution in [0.2, 0.25) is 0 Å². The van der Waals surface area contributed by atoms with Crippen molar-refractivity contribution >= 4 is 34.1 Å². The van der Waals surface area contributed by atoms with E-state index >= 15 is 0 Å². The molecule has 4 N–H and O–H groups in total. The third-order valence-corrected chi connectivity index (χ3v) is 4.00. The fourth-order valence-electron chi connectivity index (χ4n) is 2.88. The summed E-state index contributed by atoms with van der Waals surface area (Å²) >= 11 is 0. The Labute approximate surface area is 155 Å². The smallest absolute Gasteiger partial charge is 0.302 e. The molecule has 0 aliphatic rings. The summed E-state index contributed by atoms with van der Waals surface area (Å²) in [4.78, 5) is 49.3. The van der Waals surface area contributed by atoms with E-state index < -0.39 is 38.6 Å². The molecule has 140 valence electrons. The maximum atomic E-state index is 12.1. The first-order valence-corrected chi connectivity index (χ1v) is 7.68. The van der Waals surface area contributed by atoms with Crippen molar-refractivity contribution in [3.05, 3.63) is 73.8 Å². The molecule has 2 amide bonds. The maximum Gasteiger partial charge on any atom is 0.302 e. The number of nitrogens with two attached hydrogens (primary N) is 2. The minimum Gasteiger partial charge on any atom is -0.366 e. The van der Waals surface area contributed by atoms with Gasteiger partial charge in [-0.1, -0.05) is 30.3 Å². The summed E-state index contributed by atoms with van der Waals surface area (Å²) in [6, 6.07) is 9.68. The number of nitro benzene ring substituents is 2. The molecule has 0 radical (unpaired) electrons. The van der Waals surface area contributed by atoms with E-state index in [1.165, 1.54) is 0 Å². The number of pyridine rings is 1. The zero-order chi connectivity index (χ0) is 20.6. The average molecular weight is 381 g/mol. The zero-order valence-electron chi connectivity index (χ0n) is 14.0. The van der Waals surface area contributed by atoms with E-state index in [-0.39, 0.29) is 22.2 Å². The molecule has 0 saturated heterocycles. The largest absolute Gasteiger partial charge is 0.366 e. The molecule has 0 bridgehead atoms. The highest BCUT2D eigenvalue weighted by molar-refractivity contribution is 6.18. The maximum absolute atomic E-state index is 12.1. The van der Waals surface area contributed by atoms with Crippen molar-refractivity contribution in [3.63, 3.8) is 0 Å². The number of amides is 2. The van der Waals surface area contributed by atoms with Crippen LogP contribution in [0.4, 0.5) is 11.4 Å². The lowest BCUT2D eigenvalue weighted by atomic mass is 9.95. The summed E-state index contributed by atoms with van der Waals surface area (Å²) in [6.45, 7) is 0. The highest BCUT2D eigenvalue weighted by Gasteiger charge is 2.29. The van der Waals surface area contributed by atoms with Crippen molar-refractivity contribution in [2.45, 2.75) is 0 Å². The predicted molar refractivity (Wildman–Crippen MR) is 97.5 cm³/mol. The lowest BCUT2D eigenvalue weighted by molar-refractivity contribution is -0.393. The topological polar surface area (TPSA) is 185 Å². The normalized spacial score (nSPS) is 10.6. The Morgan fingerprint density at radius 2 is 1.50 bits per heavy atom. The van der Waals surface area contributed by atoms with Crippen molar-refractivity contribution in [3.8, 4) is 11.3 Å². The number of primary amides is 2. The SMILES string of the molecule is NC(=O)c1c(-c2ccccc2)nc2c([N+](=O)[O-])cc([N+](=O)[O-])cc2c1C(N)=O. The van der Waals surface area contributed by atoms with Crippen LogP contribution in [0.1, 0.15) is 20.7 Å². The predicted octanol–water partition coefficient (Wildman–Crippen LogP) is 1.92. The van der Waals surface area contributed by atoms with E-state index in [1.54, 1.807) is 30.3 Å². The number of non-ortho nitro benzene ring substituents is 2. The molecular formula is C17H11N5O6. The second-order valence-corrected chi connectivity index (χ2v) is 5.68. The number of carbonyl (C=O) groups is 2. The van der Waals surface area contributed by atoms with Crippen LogP contribution < -0.4 is 11.5 Å². The van der Waals surface area contributed by atoms with Gasteiger partial charge < -0.3 is 11.5 Å². The molecule has 0 aliphatic heterocycles. The minimum atomic E-state index is -1.13. The molecule has 0 saturated carbocycles. The highest BCUT2D eigenvalue weighted by Crippen LogP contribution is 2.36. The molecule has 3 rings (SSSR count). The van der Waals surface area contributed by atoms with E-state index in [1.807, 2.05) is 0 Å². The van der Waals surface area contributed by atoms with Gasteiger partial charge >= 0.3 is 5.69 Å². The third-order valence-electron chi connectivity index (χ3n) is 4.00. The molecule has 0 spiro atoms. The van der Waals surface area contributed by atoms with E-state index in [4.69, 9.17) is 11.5 Å². The second-order valence-electron chi connectivity index (χ2n) is 5.68. The Morgan fingerprint density at radius 1 is 0.893 bits per heavy atom. The standard InChI is InChI=1S/C17H11N5O6/c18-16(23)12-10-6-9(21(25)26)7-11(22(27)28)15(10)20-14(13(12)17(19)24)8-4-2-1-3-5-8/h1-7H,(H2,18,23)(H2,19,24). The number of fused-ring (bicyclic) bond motifs is 1. The molecule has 1 aromatic heterocycles. The number of rotatable bonds is 5. The van der Waals surface area contributed by atoms with E-state index in [2.05, 4.69) is 4.98 Å². The number of nitro groups is 2. The minimum absolute atomic E-state index is 0.0913. The van der Waals surface area contributed by atoms with Gasteiger partial charge in [-0.3, -0.25) is 29.8 Å². The third kappa shape index (κ3) is 2.96. The van der Waals surface area contributed by atoms with Gasteiger partial charge in [-0.2, -0.15) is 0 Å². The fraction of sp³-hybridized carbons (Fsp3) is 0. The first-order chi connectivity index (χ1) is 13.2. The number of hydrogen-bond donors (Lipinski definition) is 2.